The van der Waals surface area contributed by atoms with Crippen molar-refractivity contribution < 1.29 is 0 Å². The SMILES string of the molecule is C=CC(=CC)CC. The molecule has 0 heteroatoms. The first-order chi connectivity index (χ1) is 3.35. The minimum absolute atomic E-state index is 1.10. The summed E-state index contributed by atoms with van der Waals surface area (Å²) < 4.78 is 0. The van der Waals surface area contributed by atoms with Crippen LogP contribution in [0, 0.1) is 0 Å². The van der Waals surface area contributed by atoms with Crippen molar-refractivity contribution in [3.63, 3.8) is 0 Å². The van der Waals surface area contributed by atoms with Gasteiger partial charge in [0.15, 0.2) is 0 Å². The summed E-state index contributed by atoms with van der Waals surface area (Å²) >= 11 is 0. The maximum atomic E-state index is 3.63. The Hall–Kier alpha value is -0.520. The highest BCUT2D eigenvalue weighted by atomic mass is 13.8. The van der Waals surface area contributed by atoms with Gasteiger partial charge in [0.05, 0.1) is 0 Å². The van der Waals surface area contributed by atoms with Gasteiger partial charge >= 0.3 is 0 Å². The molecular weight excluding hydrogens is 84.1 g/mol. The van der Waals surface area contributed by atoms with Gasteiger partial charge in [-0.15, -0.1) is 0 Å². The van der Waals surface area contributed by atoms with Crippen LogP contribution in [0.1, 0.15) is 20.3 Å². The second-order valence-corrected chi connectivity index (χ2v) is 1.42. The zero-order chi connectivity index (χ0) is 5.70. The first kappa shape index (κ1) is 6.48. The third kappa shape index (κ3) is 2.21. The minimum Gasteiger partial charge on any atom is -0.0988 e. The Labute approximate surface area is 45.5 Å². The largest absolute Gasteiger partial charge is 0.0988 e. The lowest BCUT2D eigenvalue weighted by Crippen LogP contribution is -1.67. The van der Waals surface area contributed by atoms with E-state index in [9.17, 15) is 0 Å². The Bertz CT molecular complexity index is 78.0. The summed E-state index contributed by atoms with van der Waals surface area (Å²) in [5, 5.41) is 0. The predicted octanol–water partition coefficient (Wildman–Crippen LogP) is 2.53. The quantitative estimate of drug-likeness (QED) is 0.463. The Morgan fingerprint density at radius 1 is 1.71 bits per heavy atom. The maximum absolute atomic E-state index is 3.63. The molecule has 0 nitrogen and oxygen atoms in total. The van der Waals surface area contributed by atoms with Gasteiger partial charge in [-0.3, -0.25) is 0 Å². The third-order valence-electron chi connectivity index (χ3n) is 1.04. The average Bonchev–Trinajstić information content (AvgIpc) is 1.72. The molecule has 40 valence electrons. The standard InChI is InChI=1S/C7H12/c1-4-7(5-2)6-3/h4-5H,1,6H2,2-3H3. The van der Waals surface area contributed by atoms with Crippen LogP contribution < -0.4 is 0 Å². The predicted molar refractivity (Wildman–Crippen MR) is 34.2 cm³/mol. The van der Waals surface area contributed by atoms with Crippen LogP contribution >= 0.6 is 0 Å². The zero-order valence-corrected chi connectivity index (χ0v) is 5.07. The van der Waals surface area contributed by atoms with Crippen molar-refractivity contribution in [1.29, 1.82) is 0 Å². The van der Waals surface area contributed by atoms with Crippen molar-refractivity contribution >= 4 is 0 Å². The van der Waals surface area contributed by atoms with E-state index in [2.05, 4.69) is 19.6 Å². The molecule has 0 fully saturated rings. The van der Waals surface area contributed by atoms with Crippen LogP contribution in [0.2, 0.25) is 0 Å². The van der Waals surface area contributed by atoms with E-state index >= 15 is 0 Å². The van der Waals surface area contributed by atoms with Gasteiger partial charge in [-0.25, -0.2) is 0 Å². The molecule has 0 saturated heterocycles. The van der Waals surface area contributed by atoms with Crippen LogP contribution in [-0.2, 0) is 0 Å². The second kappa shape index (κ2) is 3.66. The molecule has 0 radical (unpaired) electrons. The second-order valence-electron chi connectivity index (χ2n) is 1.42. The van der Waals surface area contributed by atoms with E-state index in [-0.39, 0.29) is 0 Å². The summed E-state index contributed by atoms with van der Waals surface area (Å²) in [4.78, 5) is 0. The van der Waals surface area contributed by atoms with Crippen molar-refractivity contribution in [1.82, 2.24) is 0 Å². The highest BCUT2D eigenvalue weighted by Gasteiger charge is 1.77. The number of hydrogen-bond acceptors (Lipinski definition) is 0. The highest BCUT2D eigenvalue weighted by molar-refractivity contribution is 5.13. The molecule has 0 heterocycles. The summed E-state index contributed by atoms with van der Waals surface area (Å²) in [6, 6.07) is 0. The molecule has 0 N–H and O–H groups in total. The van der Waals surface area contributed by atoms with Gasteiger partial charge in [0, 0.05) is 0 Å². The fourth-order valence-corrected chi connectivity index (χ4v) is 0.466. The lowest BCUT2D eigenvalue weighted by atomic mass is 10.2. The molecule has 0 spiro atoms. The molecule has 0 aromatic rings. The molecule has 0 atom stereocenters. The van der Waals surface area contributed by atoms with Gasteiger partial charge in [-0.1, -0.05) is 31.2 Å². The van der Waals surface area contributed by atoms with Crippen LogP contribution in [-0.4, -0.2) is 0 Å². The Morgan fingerprint density at radius 3 is 2.29 bits per heavy atom. The van der Waals surface area contributed by atoms with Gasteiger partial charge in [-0.05, 0) is 13.3 Å². The number of rotatable bonds is 2. The highest BCUT2D eigenvalue weighted by Crippen LogP contribution is 1.98. The molecule has 0 aliphatic carbocycles. The van der Waals surface area contributed by atoms with Crippen LogP contribution in [0.4, 0.5) is 0 Å². The van der Waals surface area contributed by atoms with Gasteiger partial charge in [0.2, 0.25) is 0 Å². The zero-order valence-electron chi connectivity index (χ0n) is 5.07. The lowest BCUT2D eigenvalue weighted by Gasteiger charge is -1.88. The fraction of sp³-hybridized carbons (Fsp3) is 0.429. The first-order valence-electron chi connectivity index (χ1n) is 2.62. The summed E-state index contributed by atoms with van der Waals surface area (Å²) in [5.41, 5.74) is 1.32. The van der Waals surface area contributed by atoms with E-state index in [0.717, 1.165) is 6.42 Å². The van der Waals surface area contributed by atoms with Crippen molar-refractivity contribution in [2.45, 2.75) is 20.3 Å². The monoisotopic (exact) mass is 96.1 g/mol. The molecule has 7 heavy (non-hydrogen) atoms. The van der Waals surface area contributed by atoms with E-state index < -0.39 is 0 Å². The fourth-order valence-electron chi connectivity index (χ4n) is 0.466. The van der Waals surface area contributed by atoms with Gasteiger partial charge < -0.3 is 0 Å². The van der Waals surface area contributed by atoms with Crippen LogP contribution in [0.15, 0.2) is 24.3 Å². The van der Waals surface area contributed by atoms with E-state index in [4.69, 9.17) is 0 Å². The summed E-state index contributed by atoms with van der Waals surface area (Å²) in [7, 11) is 0. The van der Waals surface area contributed by atoms with E-state index in [0.29, 0.717) is 0 Å². The van der Waals surface area contributed by atoms with Gasteiger partial charge in [-0.2, -0.15) is 0 Å². The molecular formula is C7H12. The molecule has 0 aliphatic heterocycles. The molecule has 0 rings (SSSR count). The maximum Gasteiger partial charge on any atom is -0.0311 e. The van der Waals surface area contributed by atoms with Gasteiger partial charge in [0.25, 0.3) is 0 Å². The number of allylic oxidation sites excluding steroid dienone is 3. The van der Waals surface area contributed by atoms with Crippen molar-refractivity contribution in [3.05, 3.63) is 24.3 Å². The summed E-state index contributed by atoms with van der Waals surface area (Å²) in [6.07, 6.45) is 5.06. The van der Waals surface area contributed by atoms with Crippen LogP contribution in [0.5, 0.6) is 0 Å². The molecule has 0 unspecified atom stereocenters. The summed E-state index contributed by atoms with van der Waals surface area (Å²) in [5.74, 6) is 0. The van der Waals surface area contributed by atoms with Crippen molar-refractivity contribution in [2.75, 3.05) is 0 Å². The van der Waals surface area contributed by atoms with Crippen LogP contribution in [0.3, 0.4) is 0 Å². The first-order valence-corrected chi connectivity index (χ1v) is 2.62. The molecule has 0 aliphatic rings. The van der Waals surface area contributed by atoms with Crippen molar-refractivity contribution in [3.8, 4) is 0 Å². The van der Waals surface area contributed by atoms with Crippen LogP contribution in [0.25, 0.3) is 0 Å². The van der Waals surface area contributed by atoms with E-state index in [1.165, 1.54) is 5.57 Å². The molecule has 0 amide bonds. The average molecular weight is 96.2 g/mol. The summed E-state index contributed by atoms with van der Waals surface area (Å²) in [6.45, 7) is 7.78. The lowest BCUT2D eigenvalue weighted by molar-refractivity contribution is 1.14. The normalized spacial score (nSPS) is 11.4. The molecule has 0 bridgehead atoms. The Balaban J connectivity index is 3.60. The van der Waals surface area contributed by atoms with E-state index in [1.54, 1.807) is 0 Å². The van der Waals surface area contributed by atoms with E-state index in [1.807, 2.05) is 13.0 Å². The molecule has 0 saturated carbocycles. The third-order valence-corrected chi connectivity index (χ3v) is 1.04. The van der Waals surface area contributed by atoms with Crippen molar-refractivity contribution in [2.24, 2.45) is 0 Å². The Kier molecular flexibility index (Phi) is 3.39. The smallest absolute Gasteiger partial charge is 0.0311 e. The van der Waals surface area contributed by atoms with Gasteiger partial charge in [0.1, 0.15) is 0 Å². The minimum atomic E-state index is 1.10. The molecule has 0 aromatic carbocycles. The Morgan fingerprint density at radius 2 is 2.29 bits per heavy atom. The number of hydrogen-bond donors (Lipinski definition) is 0. The topological polar surface area (TPSA) is 0 Å². The molecule has 0 aromatic heterocycles.